The van der Waals surface area contributed by atoms with Crippen LogP contribution in [0, 0.1) is 13.8 Å². The van der Waals surface area contributed by atoms with Crippen molar-refractivity contribution in [2.45, 2.75) is 26.8 Å². The monoisotopic (exact) mass is 485 g/mol. The van der Waals surface area contributed by atoms with Crippen LogP contribution >= 0.6 is 24.0 Å². The summed E-state index contributed by atoms with van der Waals surface area (Å²) in [4.78, 5) is 22.0. The van der Waals surface area contributed by atoms with Gasteiger partial charge in [-0.2, -0.15) is 0 Å². The number of aromatic nitrogens is 1. The van der Waals surface area contributed by atoms with E-state index < -0.39 is 0 Å². The summed E-state index contributed by atoms with van der Waals surface area (Å²) in [5, 5.41) is 6.42. The van der Waals surface area contributed by atoms with E-state index in [4.69, 9.17) is 4.42 Å². The van der Waals surface area contributed by atoms with Gasteiger partial charge in [0.1, 0.15) is 12.3 Å². The largest absolute Gasteiger partial charge is 0.444 e. The van der Waals surface area contributed by atoms with Crippen molar-refractivity contribution in [1.82, 2.24) is 20.5 Å². The number of oxazole rings is 1. The molecule has 7 nitrogen and oxygen atoms in total. The number of carbonyl (C=O) groups is 1. The molecule has 2 rings (SSSR count). The summed E-state index contributed by atoms with van der Waals surface area (Å²) < 4.78 is 5.57. The number of benzene rings is 1. The smallest absolute Gasteiger partial charge is 0.243 e. The molecule has 1 aromatic heterocycles. The summed E-state index contributed by atoms with van der Waals surface area (Å²) in [5.41, 5.74) is 2.11. The Morgan fingerprint density at radius 1 is 1.19 bits per heavy atom. The summed E-state index contributed by atoms with van der Waals surface area (Å²) in [6.45, 7) is 4.98. The minimum Gasteiger partial charge on any atom is -0.444 e. The molecule has 0 aliphatic heterocycles. The van der Waals surface area contributed by atoms with Gasteiger partial charge < -0.3 is 20.0 Å². The van der Waals surface area contributed by atoms with Gasteiger partial charge in [0.25, 0.3) is 0 Å². The lowest BCUT2D eigenvalue weighted by Crippen LogP contribution is -2.39. The number of carbonyl (C=O) groups excluding carboxylic acids is 1. The Kier molecular flexibility index (Phi) is 9.84. The Morgan fingerprint density at radius 3 is 2.48 bits per heavy atom. The van der Waals surface area contributed by atoms with Crippen molar-refractivity contribution in [1.29, 1.82) is 0 Å². The fourth-order valence-corrected chi connectivity index (χ4v) is 2.21. The van der Waals surface area contributed by atoms with Crippen molar-refractivity contribution in [3.8, 4) is 0 Å². The number of aliphatic imine (C=N–C) groups is 1. The van der Waals surface area contributed by atoms with Gasteiger partial charge in [-0.1, -0.05) is 30.3 Å². The van der Waals surface area contributed by atoms with Crippen LogP contribution in [0.1, 0.15) is 22.9 Å². The predicted molar refractivity (Wildman–Crippen MR) is 117 cm³/mol. The van der Waals surface area contributed by atoms with Gasteiger partial charge in [-0.3, -0.25) is 4.79 Å². The number of nitrogens with one attached hydrogen (secondary N) is 2. The maximum Gasteiger partial charge on any atom is 0.243 e. The summed E-state index contributed by atoms with van der Waals surface area (Å²) in [6, 6.07) is 10.2. The lowest BCUT2D eigenvalue weighted by atomic mass is 10.1. The highest BCUT2D eigenvalue weighted by atomic mass is 127. The number of rotatable bonds is 7. The van der Waals surface area contributed by atoms with Crippen LogP contribution in [0.4, 0.5) is 0 Å². The lowest BCUT2D eigenvalue weighted by Gasteiger charge is -2.13. The number of aryl methyl sites for hydroxylation is 2. The summed E-state index contributed by atoms with van der Waals surface area (Å²) in [5.74, 6) is 1.90. The van der Waals surface area contributed by atoms with E-state index in [1.165, 1.54) is 10.5 Å². The van der Waals surface area contributed by atoms with Crippen molar-refractivity contribution < 1.29 is 9.21 Å². The number of amides is 1. The van der Waals surface area contributed by atoms with Gasteiger partial charge in [-0.25, -0.2) is 9.98 Å². The van der Waals surface area contributed by atoms with E-state index in [2.05, 4.69) is 32.7 Å². The third kappa shape index (κ3) is 7.98. The Labute approximate surface area is 177 Å². The molecule has 0 saturated heterocycles. The average Bonchev–Trinajstić information content (AvgIpc) is 2.95. The van der Waals surface area contributed by atoms with E-state index in [0.717, 1.165) is 17.9 Å². The lowest BCUT2D eigenvalue weighted by molar-refractivity contribution is -0.127. The first-order valence-electron chi connectivity index (χ1n) is 8.65. The van der Waals surface area contributed by atoms with Gasteiger partial charge >= 0.3 is 0 Å². The van der Waals surface area contributed by atoms with Crippen LogP contribution in [-0.2, 0) is 17.8 Å². The highest BCUT2D eigenvalue weighted by molar-refractivity contribution is 14.0. The number of hydrogen-bond acceptors (Lipinski definition) is 4. The molecule has 0 fully saturated rings. The first-order valence-corrected chi connectivity index (χ1v) is 8.65. The fraction of sp³-hybridized carbons (Fsp3) is 0.421. The topological polar surface area (TPSA) is 82.8 Å². The molecule has 0 atom stereocenters. The van der Waals surface area contributed by atoms with Gasteiger partial charge in [-0.05, 0) is 25.8 Å². The molecule has 1 heterocycles. The normalized spacial score (nSPS) is 10.9. The SMILES string of the molecule is Cc1nc(CNC(=NCC(=O)N(C)C)NCCc2ccccc2)oc1C.I. The number of nitrogens with zero attached hydrogens (tertiary/aromatic N) is 3. The van der Waals surface area contributed by atoms with Crippen LogP contribution in [0.25, 0.3) is 0 Å². The van der Waals surface area contributed by atoms with Crippen molar-refractivity contribution in [3.05, 3.63) is 53.2 Å². The van der Waals surface area contributed by atoms with Gasteiger partial charge in [-0.15, -0.1) is 24.0 Å². The third-order valence-corrected chi connectivity index (χ3v) is 3.90. The quantitative estimate of drug-likeness (QED) is 0.357. The van der Waals surface area contributed by atoms with Crippen LogP contribution in [0.3, 0.4) is 0 Å². The highest BCUT2D eigenvalue weighted by Gasteiger charge is 2.08. The van der Waals surface area contributed by atoms with Gasteiger partial charge in [0.05, 0.1) is 12.2 Å². The fourth-order valence-electron chi connectivity index (χ4n) is 2.21. The number of hydrogen-bond donors (Lipinski definition) is 2. The first kappa shape index (κ1) is 22.9. The van der Waals surface area contributed by atoms with Crippen molar-refractivity contribution in [2.75, 3.05) is 27.2 Å². The van der Waals surface area contributed by atoms with Gasteiger partial charge in [0.2, 0.25) is 11.8 Å². The maximum absolute atomic E-state index is 11.8. The van der Waals surface area contributed by atoms with Crippen molar-refractivity contribution in [3.63, 3.8) is 0 Å². The predicted octanol–water partition coefficient (Wildman–Crippen LogP) is 2.28. The molecule has 2 aromatic rings. The molecule has 1 amide bonds. The molecule has 0 spiro atoms. The molecular formula is C19H28IN5O2. The average molecular weight is 485 g/mol. The van der Waals surface area contributed by atoms with Crippen LogP contribution in [-0.4, -0.2) is 48.9 Å². The molecule has 1 aromatic carbocycles. The molecule has 2 N–H and O–H groups in total. The van der Waals surface area contributed by atoms with Crippen molar-refractivity contribution >= 4 is 35.8 Å². The molecule has 0 aliphatic carbocycles. The minimum atomic E-state index is -0.0584. The molecule has 27 heavy (non-hydrogen) atoms. The maximum atomic E-state index is 11.8. The standard InChI is InChI=1S/C19H27N5O2.HI/c1-14-15(2)26-17(23-14)12-21-19(22-13-18(25)24(3)4)20-11-10-16-8-6-5-7-9-16;/h5-9H,10-13H2,1-4H3,(H2,20,21,22);1H. The summed E-state index contributed by atoms with van der Waals surface area (Å²) >= 11 is 0. The van der Waals surface area contributed by atoms with Gasteiger partial charge in [0, 0.05) is 20.6 Å². The summed E-state index contributed by atoms with van der Waals surface area (Å²) in [6.07, 6.45) is 0.861. The van der Waals surface area contributed by atoms with Crippen LogP contribution in [0.5, 0.6) is 0 Å². The van der Waals surface area contributed by atoms with E-state index in [-0.39, 0.29) is 36.4 Å². The second-order valence-corrected chi connectivity index (χ2v) is 6.22. The highest BCUT2D eigenvalue weighted by Crippen LogP contribution is 2.07. The van der Waals surface area contributed by atoms with E-state index >= 15 is 0 Å². The number of halogens is 1. The second-order valence-electron chi connectivity index (χ2n) is 6.22. The van der Waals surface area contributed by atoms with E-state index in [9.17, 15) is 4.79 Å². The van der Waals surface area contributed by atoms with Crippen LogP contribution in [0.15, 0.2) is 39.7 Å². The zero-order chi connectivity index (χ0) is 18.9. The van der Waals surface area contributed by atoms with E-state index in [0.29, 0.717) is 24.9 Å². The zero-order valence-corrected chi connectivity index (χ0v) is 18.6. The van der Waals surface area contributed by atoms with Crippen LogP contribution < -0.4 is 10.6 Å². The van der Waals surface area contributed by atoms with E-state index in [1.54, 1.807) is 14.1 Å². The molecule has 0 radical (unpaired) electrons. The first-order chi connectivity index (χ1) is 12.5. The zero-order valence-electron chi connectivity index (χ0n) is 16.3. The van der Waals surface area contributed by atoms with Gasteiger partial charge in [0.15, 0.2) is 5.96 Å². The third-order valence-electron chi connectivity index (χ3n) is 3.90. The molecular weight excluding hydrogens is 457 g/mol. The van der Waals surface area contributed by atoms with Crippen LogP contribution in [0.2, 0.25) is 0 Å². The molecule has 0 aliphatic rings. The Balaban J connectivity index is 0.00000364. The molecule has 0 unspecified atom stereocenters. The van der Waals surface area contributed by atoms with Crippen molar-refractivity contribution in [2.24, 2.45) is 4.99 Å². The number of guanidine groups is 1. The Hall–Kier alpha value is -2.10. The Bertz CT molecular complexity index is 724. The summed E-state index contributed by atoms with van der Waals surface area (Å²) in [7, 11) is 3.43. The number of likely N-dealkylation sites (N-methyl/N-ethyl adjacent to an activating group) is 1. The molecule has 0 saturated carbocycles. The molecule has 148 valence electrons. The minimum absolute atomic E-state index is 0. The van der Waals surface area contributed by atoms with E-state index in [1.807, 2.05) is 32.0 Å². The molecule has 8 heteroatoms. The Morgan fingerprint density at radius 2 is 1.89 bits per heavy atom. The second kappa shape index (κ2) is 11.6. The molecule has 0 bridgehead atoms.